The molecule has 0 aliphatic carbocycles. The molecule has 38 heavy (non-hydrogen) atoms. The fraction of sp³-hybridized carbons (Fsp3) is 0.440. The molecule has 1 atom stereocenters. The second kappa shape index (κ2) is 10.9. The molecule has 5 rings (SSSR count). The maximum absolute atomic E-state index is 12.9. The summed E-state index contributed by atoms with van der Waals surface area (Å²) >= 11 is 9.64. The fourth-order valence-electron chi connectivity index (χ4n) is 4.71. The van der Waals surface area contributed by atoms with E-state index in [2.05, 4.69) is 10.3 Å². The van der Waals surface area contributed by atoms with E-state index < -0.39 is 11.9 Å². The number of thiazole rings is 1. The summed E-state index contributed by atoms with van der Waals surface area (Å²) in [6.45, 7) is 2.33. The number of aryl methyl sites for hydroxylation is 1. The van der Waals surface area contributed by atoms with Crippen molar-refractivity contribution in [2.75, 3.05) is 19.3 Å². The molecule has 1 saturated heterocycles. The van der Waals surface area contributed by atoms with Gasteiger partial charge in [-0.3, -0.25) is 9.48 Å². The summed E-state index contributed by atoms with van der Waals surface area (Å²) in [5.41, 5.74) is 1.83. The Labute approximate surface area is 231 Å². The first-order chi connectivity index (χ1) is 18.1. The normalized spacial score (nSPS) is 18.5. The summed E-state index contributed by atoms with van der Waals surface area (Å²) in [6, 6.07) is 6.74. The van der Waals surface area contributed by atoms with Crippen LogP contribution in [0.4, 0.5) is 13.2 Å². The Morgan fingerprint density at radius 2 is 2.05 bits per heavy atom. The molecule has 4 heterocycles. The van der Waals surface area contributed by atoms with Crippen molar-refractivity contribution in [1.29, 1.82) is 0 Å². The van der Waals surface area contributed by atoms with Crippen molar-refractivity contribution < 1.29 is 22.8 Å². The average Bonchev–Trinajstić information content (AvgIpc) is 3.64. The first kappa shape index (κ1) is 27.0. The van der Waals surface area contributed by atoms with Crippen LogP contribution in [0.25, 0.3) is 0 Å². The number of hydrogen-bond donors (Lipinski definition) is 0. The van der Waals surface area contributed by atoms with E-state index in [0.29, 0.717) is 30.2 Å². The Kier molecular flexibility index (Phi) is 7.74. The second-order valence-corrected chi connectivity index (χ2v) is 11.4. The number of aromatic nitrogens is 3. The number of nitrogens with zero attached hydrogens (tertiary/aromatic N) is 5. The lowest BCUT2D eigenvalue weighted by atomic mass is 9.97. The minimum atomic E-state index is -4.53. The number of alkyl halides is 3. The van der Waals surface area contributed by atoms with Crippen LogP contribution in [0.3, 0.4) is 0 Å². The highest BCUT2D eigenvalue weighted by Gasteiger charge is 2.35. The molecule has 1 amide bonds. The van der Waals surface area contributed by atoms with E-state index in [1.807, 2.05) is 29.8 Å². The summed E-state index contributed by atoms with van der Waals surface area (Å²) in [5.74, 6) is -0.0395. The second-order valence-electron chi connectivity index (χ2n) is 9.24. The molecule has 13 heteroatoms. The van der Waals surface area contributed by atoms with Crippen LogP contribution >= 0.6 is 34.7 Å². The number of oxime groups is 1. The molecular formula is C25H25ClF3N5O2S2. The molecule has 3 aromatic rings. The Balaban J connectivity index is 1.17. The van der Waals surface area contributed by atoms with E-state index in [1.54, 1.807) is 28.0 Å². The first-order valence-electron chi connectivity index (χ1n) is 12.0. The SMILES string of the molecule is CSc1cccc(Cl)c1C1CC(c2csc(C3CCN(C(=O)Cn4nc(C(F)(F)F)cc4C)CC3)n2)=NO1. The molecule has 0 saturated carbocycles. The van der Waals surface area contributed by atoms with Crippen molar-refractivity contribution in [3.05, 3.63) is 62.3 Å². The first-order valence-corrected chi connectivity index (χ1v) is 14.5. The van der Waals surface area contributed by atoms with Crippen molar-refractivity contribution in [3.63, 3.8) is 0 Å². The minimum absolute atomic E-state index is 0.200. The van der Waals surface area contributed by atoms with Crippen LogP contribution in [-0.2, 0) is 22.4 Å². The van der Waals surface area contributed by atoms with Crippen molar-refractivity contribution in [2.24, 2.45) is 5.16 Å². The summed E-state index contributed by atoms with van der Waals surface area (Å²) in [4.78, 5) is 26.1. The van der Waals surface area contributed by atoms with Crippen LogP contribution in [0.2, 0.25) is 5.02 Å². The number of piperidine rings is 1. The van der Waals surface area contributed by atoms with Crippen molar-refractivity contribution in [2.45, 2.75) is 55.8 Å². The molecule has 1 aromatic carbocycles. The lowest BCUT2D eigenvalue weighted by Gasteiger charge is -2.31. The average molecular weight is 584 g/mol. The third kappa shape index (κ3) is 5.57. The van der Waals surface area contributed by atoms with E-state index in [4.69, 9.17) is 21.4 Å². The molecule has 0 spiro atoms. The molecule has 202 valence electrons. The Bertz CT molecular complexity index is 1370. The zero-order chi connectivity index (χ0) is 27.0. The topological polar surface area (TPSA) is 72.6 Å². The van der Waals surface area contributed by atoms with Gasteiger partial charge in [-0.1, -0.05) is 22.8 Å². The van der Waals surface area contributed by atoms with Crippen LogP contribution < -0.4 is 0 Å². The van der Waals surface area contributed by atoms with Crippen LogP contribution in [-0.4, -0.2) is 50.6 Å². The van der Waals surface area contributed by atoms with Crippen LogP contribution in [0, 0.1) is 6.92 Å². The van der Waals surface area contributed by atoms with Crippen LogP contribution in [0.5, 0.6) is 0 Å². The number of likely N-dealkylation sites (tertiary alicyclic amines) is 1. The van der Waals surface area contributed by atoms with E-state index >= 15 is 0 Å². The number of carbonyl (C=O) groups is 1. The zero-order valence-corrected chi connectivity index (χ0v) is 23.1. The van der Waals surface area contributed by atoms with Gasteiger partial charge < -0.3 is 9.74 Å². The number of benzene rings is 1. The van der Waals surface area contributed by atoms with Gasteiger partial charge in [-0.25, -0.2) is 4.98 Å². The van der Waals surface area contributed by atoms with Gasteiger partial charge in [-0.2, -0.15) is 18.3 Å². The monoisotopic (exact) mass is 583 g/mol. The van der Waals surface area contributed by atoms with Gasteiger partial charge in [0, 0.05) is 52.0 Å². The molecule has 0 N–H and O–H groups in total. The standard InChI is InChI=1S/C25H25ClF3N5O2S2/c1-14-10-21(25(27,28)29)31-34(14)12-22(35)33-8-6-15(7-9-33)24-30-18(13-38-24)17-11-19(36-32-17)23-16(26)4-3-5-20(23)37-2/h3-5,10,13,15,19H,6-9,11-12H2,1-2H3. The highest BCUT2D eigenvalue weighted by atomic mass is 35.5. The third-order valence-electron chi connectivity index (χ3n) is 6.79. The quantitative estimate of drug-likeness (QED) is 0.318. The predicted molar refractivity (Wildman–Crippen MR) is 141 cm³/mol. The van der Waals surface area contributed by atoms with Gasteiger partial charge in [0.25, 0.3) is 0 Å². The highest BCUT2D eigenvalue weighted by molar-refractivity contribution is 7.98. The summed E-state index contributed by atoms with van der Waals surface area (Å²) in [5, 5.41) is 11.5. The molecule has 2 aliphatic rings. The maximum atomic E-state index is 12.9. The Morgan fingerprint density at radius 3 is 2.74 bits per heavy atom. The van der Waals surface area contributed by atoms with E-state index in [1.165, 1.54) is 6.92 Å². The van der Waals surface area contributed by atoms with Crippen molar-refractivity contribution in [1.82, 2.24) is 19.7 Å². The number of rotatable bonds is 6. The van der Waals surface area contributed by atoms with E-state index in [0.717, 1.165) is 50.5 Å². The molecule has 0 bridgehead atoms. The molecule has 2 aromatic heterocycles. The number of hydrogen-bond acceptors (Lipinski definition) is 7. The zero-order valence-electron chi connectivity index (χ0n) is 20.7. The van der Waals surface area contributed by atoms with Gasteiger partial charge in [0.15, 0.2) is 11.8 Å². The van der Waals surface area contributed by atoms with Crippen molar-refractivity contribution in [3.8, 4) is 0 Å². The maximum Gasteiger partial charge on any atom is 0.435 e. The van der Waals surface area contributed by atoms with E-state index in [-0.39, 0.29) is 24.5 Å². The van der Waals surface area contributed by atoms with Gasteiger partial charge >= 0.3 is 6.18 Å². The smallest absolute Gasteiger partial charge is 0.387 e. The molecule has 1 unspecified atom stereocenters. The lowest BCUT2D eigenvalue weighted by molar-refractivity contribution is -0.142. The minimum Gasteiger partial charge on any atom is -0.387 e. The van der Waals surface area contributed by atoms with Crippen LogP contribution in [0.15, 0.2) is 39.7 Å². The third-order valence-corrected chi connectivity index (χ3v) is 8.93. The summed E-state index contributed by atoms with van der Waals surface area (Å²) < 4.78 is 39.9. The van der Waals surface area contributed by atoms with Gasteiger partial charge in [0.1, 0.15) is 12.3 Å². The number of thioether (sulfide) groups is 1. The Morgan fingerprint density at radius 1 is 1.29 bits per heavy atom. The fourth-order valence-corrected chi connectivity index (χ4v) is 6.74. The van der Waals surface area contributed by atoms with Gasteiger partial charge in [-0.05, 0) is 44.2 Å². The van der Waals surface area contributed by atoms with E-state index in [9.17, 15) is 18.0 Å². The lowest BCUT2D eigenvalue weighted by Crippen LogP contribution is -2.40. The van der Waals surface area contributed by atoms with Gasteiger partial charge in [-0.15, -0.1) is 23.1 Å². The Hall–Kier alpha value is -2.57. The highest BCUT2D eigenvalue weighted by Crippen LogP contribution is 2.40. The number of carbonyl (C=O) groups excluding carboxylic acids is 1. The largest absolute Gasteiger partial charge is 0.435 e. The molecule has 1 fully saturated rings. The van der Waals surface area contributed by atoms with Crippen molar-refractivity contribution >= 4 is 46.3 Å². The van der Waals surface area contributed by atoms with Gasteiger partial charge in [0.2, 0.25) is 5.91 Å². The van der Waals surface area contributed by atoms with Crippen LogP contribution in [0.1, 0.15) is 58.9 Å². The number of halogens is 4. The molecule has 7 nitrogen and oxygen atoms in total. The summed E-state index contributed by atoms with van der Waals surface area (Å²) in [7, 11) is 0. The summed E-state index contributed by atoms with van der Waals surface area (Å²) in [6.07, 6.45) is -0.755. The molecule has 0 radical (unpaired) electrons. The molecule has 2 aliphatic heterocycles. The van der Waals surface area contributed by atoms with Gasteiger partial charge in [0.05, 0.1) is 10.7 Å². The molecular weight excluding hydrogens is 559 g/mol. The predicted octanol–water partition coefficient (Wildman–Crippen LogP) is 6.31. The number of amides is 1.